The number of aromatic amines is 1. The van der Waals surface area contributed by atoms with Crippen LogP contribution in [0.1, 0.15) is 84.8 Å². The fourth-order valence-electron chi connectivity index (χ4n) is 5.66. The van der Waals surface area contributed by atoms with Gasteiger partial charge in [-0.25, -0.2) is 14.6 Å². The van der Waals surface area contributed by atoms with E-state index >= 15 is 0 Å². The predicted octanol–water partition coefficient (Wildman–Crippen LogP) is 6.23. The highest BCUT2D eigenvalue weighted by Crippen LogP contribution is 2.33. The molecular formula is C34H44N6O5. The van der Waals surface area contributed by atoms with Gasteiger partial charge in [0.1, 0.15) is 23.1 Å². The summed E-state index contributed by atoms with van der Waals surface area (Å²) in [4.78, 5) is 54.0. The number of rotatable bonds is 6. The number of pyridine rings is 1. The molecule has 0 saturated carbocycles. The minimum absolute atomic E-state index is 0.135. The van der Waals surface area contributed by atoms with Crippen LogP contribution in [0.4, 0.5) is 9.59 Å². The molecule has 240 valence electrons. The number of nitrogens with one attached hydrogen (secondary N) is 2. The standard InChI is InChI=1S/C34H44N6O5/c1-33(2,3)44-31(42)39-17-7-9-27(39)29-36-21-26(38-29)23-13-11-22(12-14-23)24-15-16-25(35-19-24)20-37-30(41)28-10-8-18-40(28)32(43)45-34(4,5)6/h11-16,19,21,27-28H,7-10,17-18,20H2,1-6H3,(H,36,38)(H,37,41)/t27-,28?/m0/s1. The molecule has 5 rings (SSSR count). The number of ether oxygens (including phenoxy) is 2. The molecule has 0 radical (unpaired) electrons. The van der Waals surface area contributed by atoms with Gasteiger partial charge in [0.05, 0.1) is 30.2 Å². The van der Waals surface area contributed by atoms with E-state index in [1.54, 1.807) is 17.3 Å². The molecule has 2 aromatic heterocycles. The van der Waals surface area contributed by atoms with E-state index in [0.717, 1.165) is 53.2 Å². The summed E-state index contributed by atoms with van der Waals surface area (Å²) in [6.07, 6.45) is 5.94. The van der Waals surface area contributed by atoms with Crippen LogP contribution in [-0.2, 0) is 20.8 Å². The van der Waals surface area contributed by atoms with Gasteiger partial charge in [-0.15, -0.1) is 0 Å². The van der Waals surface area contributed by atoms with E-state index in [2.05, 4.69) is 20.3 Å². The molecule has 2 saturated heterocycles. The van der Waals surface area contributed by atoms with Gasteiger partial charge in [0.15, 0.2) is 0 Å². The minimum Gasteiger partial charge on any atom is -0.444 e. The summed E-state index contributed by atoms with van der Waals surface area (Å²) in [5.41, 5.74) is 3.39. The maximum Gasteiger partial charge on any atom is 0.410 e. The van der Waals surface area contributed by atoms with Crippen molar-refractivity contribution in [2.75, 3.05) is 13.1 Å². The lowest BCUT2D eigenvalue weighted by atomic mass is 10.0. The second-order valence-electron chi connectivity index (χ2n) is 13.7. The van der Waals surface area contributed by atoms with Crippen molar-refractivity contribution in [2.45, 2.75) is 97.1 Å². The molecule has 3 amide bonds. The van der Waals surface area contributed by atoms with Crippen molar-refractivity contribution >= 4 is 18.1 Å². The lowest BCUT2D eigenvalue weighted by molar-refractivity contribution is -0.125. The first-order valence-electron chi connectivity index (χ1n) is 15.6. The van der Waals surface area contributed by atoms with E-state index in [1.165, 1.54) is 4.90 Å². The number of nitrogens with zero attached hydrogens (tertiary/aromatic N) is 4. The van der Waals surface area contributed by atoms with Gasteiger partial charge in [-0.1, -0.05) is 30.3 Å². The number of hydrogen-bond acceptors (Lipinski definition) is 7. The van der Waals surface area contributed by atoms with Crippen LogP contribution in [0.3, 0.4) is 0 Å². The second kappa shape index (κ2) is 12.9. The third-order valence-corrected chi connectivity index (χ3v) is 7.77. The number of carbonyl (C=O) groups is 3. The van der Waals surface area contributed by atoms with E-state index in [0.29, 0.717) is 19.5 Å². The molecule has 3 aromatic rings. The van der Waals surface area contributed by atoms with Crippen LogP contribution in [0.25, 0.3) is 22.4 Å². The first-order valence-corrected chi connectivity index (χ1v) is 15.6. The van der Waals surface area contributed by atoms with E-state index in [9.17, 15) is 14.4 Å². The maximum absolute atomic E-state index is 12.9. The first kappa shape index (κ1) is 32.0. The summed E-state index contributed by atoms with van der Waals surface area (Å²) < 4.78 is 11.1. The Labute approximate surface area is 264 Å². The number of likely N-dealkylation sites (tertiary alicyclic amines) is 2. The molecule has 2 N–H and O–H groups in total. The summed E-state index contributed by atoms with van der Waals surface area (Å²) in [5, 5.41) is 2.93. The molecule has 1 unspecified atom stereocenters. The summed E-state index contributed by atoms with van der Waals surface area (Å²) in [5.74, 6) is 0.557. The largest absolute Gasteiger partial charge is 0.444 e. The van der Waals surface area contributed by atoms with Gasteiger partial charge in [-0.05, 0) is 84.4 Å². The zero-order valence-corrected chi connectivity index (χ0v) is 27.1. The number of hydrogen-bond donors (Lipinski definition) is 2. The highest BCUT2D eigenvalue weighted by Gasteiger charge is 2.37. The van der Waals surface area contributed by atoms with Gasteiger partial charge in [0, 0.05) is 24.8 Å². The summed E-state index contributed by atoms with van der Waals surface area (Å²) >= 11 is 0. The highest BCUT2D eigenvalue weighted by atomic mass is 16.6. The van der Waals surface area contributed by atoms with Gasteiger partial charge >= 0.3 is 12.2 Å². The fraction of sp³-hybridized carbons (Fsp3) is 0.500. The van der Waals surface area contributed by atoms with E-state index < -0.39 is 23.3 Å². The molecule has 4 heterocycles. The van der Waals surface area contributed by atoms with Crippen LogP contribution < -0.4 is 5.32 Å². The van der Waals surface area contributed by atoms with E-state index in [-0.39, 0.29) is 24.6 Å². The topological polar surface area (TPSA) is 130 Å². The summed E-state index contributed by atoms with van der Waals surface area (Å²) in [7, 11) is 0. The Bertz CT molecular complexity index is 1500. The van der Waals surface area contributed by atoms with Gasteiger partial charge < -0.3 is 19.8 Å². The Morgan fingerprint density at radius 2 is 1.40 bits per heavy atom. The number of amides is 3. The fourth-order valence-corrected chi connectivity index (χ4v) is 5.66. The van der Waals surface area contributed by atoms with E-state index in [1.807, 2.05) is 77.9 Å². The lowest BCUT2D eigenvalue weighted by Crippen LogP contribution is -2.47. The Morgan fingerprint density at radius 3 is 2.04 bits per heavy atom. The SMILES string of the molecule is CC(C)(C)OC(=O)N1CCCC1C(=O)NCc1ccc(-c2ccc(-c3cnc([C@@H]4CCCN4C(=O)OC(C)(C)C)[nH]3)cc2)cn1. The molecule has 0 bridgehead atoms. The molecule has 1 aromatic carbocycles. The second-order valence-corrected chi connectivity index (χ2v) is 13.7. The molecule has 0 spiro atoms. The number of H-pyrrole nitrogens is 1. The van der Waals surface area contributed by atoms with Gasteiger partial charge in [-0.2, -0.15) is 0 Å². The van der Waals surface area contributed by atoms with Crippen LogP contribution in [0, 0.1) is 0 Å². The van der Waals surface area contributed by atoms with Crippen molar-refractivity contribution in [1.82, 2.24) is 30.1 Å². The van der Waals surface area contributed by atoms with Crippen molar-refractivity contribution in [3.05, 3.63) is 60.3 Å². The predicted molar refractivity (Wildman–Crippen MR) is 170 cm³/mol. The maximum atomic E-state index is 12.9. The van der Waals surface area contributed by atoms with Crippen molar-refractivity contribution in [2.24, 2.45) is 0 Å². The number of carbonyl (C=O) groups excluding carboxylic acids is 3. The third-order valence-electron chi connectivity index (χ3n) is 7.77. The smallest absolute Gasteiger partial charge is 0.410 e. The average molecular weight is 617 g/mol. The first-order chi connectivity index (χ1) is 21.3. The van der Waals surface area contributed by atoms with Crippen molar-refractivity contribution in [3.63, 3.8) is 0 Å². The quantitative estimate of drug-likeness (QED) is 0.336. The van der Waals surface area contributed by atoms with Crippen LogP contribution in [0.15, 0.2) is 48.8 Å². The van der Waals surface area contributed by atoms with Crippen LogP contribution in [-0.4, -0.2) is 73.2 Å². The number of imidazole rings is 1. The third kappa shape index (κ3) is 8.01. The van der Waals surface area contributed by atoms with Crippen LogP contribution >= 0.6 is 0 Å². The zero-order valence-electron chi connectivity index (χ0n) is 27.1. The molecule has 2 aliphatic rings. The normalized spacial score (nSPS) is 18.6. The van der Waals surface area contributed by atoms with Gasteiger partial charge in [0.25, 0.3) is 0 Å². The average Bonchev–Trinajstić information content (AvgIpc) is 3.75. The Balaban J connectivity index is 1.17. The molecule has 2 fully saturated rings. The molecule has 2 atom stereocenters. The zero-order chi connectivity index (χ0) is 32.4. The Morgan fingerprint density at radius 1 is 0.800 bits per heavy atom. The van der Waals surface area contributed by atoms with Gasteiger partial charge in [-0.3, -0.25) is 19.6 Å². The van der Waals surface area contributed by atoms with Crippen LogP contribution in [0.2, 0.25) is 0 Å². The summed E-state index contributed by atoms with van der Waals surface area (Å²) in [6, 6.07) is 11.3. The Kier molecular flexibility index (Phi) is 9.18. The van der Waals surface area contributed by atoms with E-state index in [4.69, 9.17) is 9.47 Å². The van der Waals surface area contributed by atoms with Crippen molar-refractivity contribution < 1.29 is 23.9 Å². The molecule has 0 aliphatic carbocycles. The highest BCUT2D eigenvalue weighted by molar-refractivity contribution is 5.86. The minimum atomic E-state index is -0.614. The Hall–Kier alpha value is -4.41. The lowest BCUT2D eigenvalue weighted by Gasteiger charge is -2.28. The molecule has 11 nitrogen and oxygen atoms in total. The number of benzene rings is 1. The van der Waals surface area contributed by atoms with Crippen LogP contribution in [0.5, 0.6) is 0 Å². The molecular weight excluding hydrogens is 572 g/mol. The van der Waals surface area contributed by atoms with Gasteiger partial charge in [0.2, 0.25) is 5.91 Å². The molecule has 11 heteroatoms. The molecule has 2 aliphatic heterocycles. The van der Waals surface area contributed by atoms with Crippen molar-refractivity contribution in [1.29, 1.82) is 0 Å². The summed E-state index contributed by atoms with van der Waals surface area (Å²) in [6.45, 7) is 12.5. The monoisotopic (exact) mass is 616 g/mol. The number of aromatic nitrogens is 3. The molecule has 45 heavy (non-hydrogen) atoms. The van der Waals surface area contributed by atoms with Crippen molar-refractivity contribution in [3.8, 4) is 22.4 Å².